The third-order valence-electron chi connectivity index (χ3n) is 1.81. The van der Waals surface area contributed by atoms with Crippen LogP contribution in [0.5, 0.6) is 5.75 Å². The van der Waals surface area contributed by atoms with Gasteiger partial charge in [0.05, 0.1) is 12.1 Å². The van der Waals surface area contributed by atoms with Crippen LogP contribution in [0.25, 0.3) is 0 Å². The third-order valence-corrected chi connectivity index (χ3v) is 2.22. The third kappa shape index (κ3) is 4.54. The van der Waals surface area contributed by atoms with Gasteiger partial charge in [0.25, 0.3) is 0 Å². The second-order valence-corrected chi connectivity index (χ2v) is 3.33. The van der Waals surface area contributed by atoms with E-state index in [4.69, 9.17) is 16.3 Å². The maximum atomic E-state index is 13.1. The molecule has 1 aromatic rings. The van der Waals surface area contributed by atoms with Crippen molar-refractivity contribution in [2.75, 3.05) is 7.11 Å². The first-order valence-electron chi connectivity index (χ1n) is 4.07. The molecule has 0 fully saturated rings. The largest absolute Gasteiger partial charge is 1.00 e. The van der Waals surface area contributed by atoms with Crippen LogP contribution in [-0.4, -0.2) is 14.1 Å². The Bertz CT molecular complexity index is 372. The average Bonchev–Trinajstić information content (AvgIpc) is 2.11. The van der Waals surface area contributed by atoms with Gasteiger partial charge in [-0.2, -0.15) is 0 Å². The van der Waals surface area contributed by atoms with Crippen LogP contribution < -0.4 is 56.1 Å². The minimum absolute atomic E-state index is 0. The molecule has 0 aliphatic carbocycles. The molecule has 0 radical (unpaired) electrons. The molecule has 0 unspecified atom stereocenters. The Labute approximate surface area is 138 Å². The summed E-state index contributed by atoms with van der Waals surface area (Å²) in [5.74, 6) is -0.937. The van der Waals surface area contributed by atoms with Crippen LogP contribution in [0, 0.1) is 5.82 Å². The average molecular weight is 280 g/mol. The fourth-order valence-corrected chi connectivity index (χ4v) is 1.46. The summed E-state index contributed by atoms with van der Waals surface area (Å²) >= 11 is 5.57. The first-order valence-corrected chi connectivity index (χ1v) is 4.45. The molecule has 0 bridgehead atoms. The van der Waals surface area contributed by atoms with Crippen LogP contribution in [0.1, 0.15) is 5.56 Å². The minimum Gasteiger partial charge on any atom is -0.495 e. The van der Waals surface area contributed by atoms with Crippen LogP contribution in [0.4, 0.5) is 17.3 Å². The van der Waals surface area contributed by atoms with E-state index in [2.05, 4.69) is 0 Å². The van der Waals surface area contributed by atoms with Crippen LogP contribution in [0.2, 0.25) is 5.02 Å². The Morgan fingerprint density at radius 3 is 2.31 bits per heavy atom. The van der Waals surface area contributed by atoms with E-state index in [1.165, 1.54) is 13.2 Å². The van der Waals surface area contributed by atoms with E-state index in [-0.39, 0.29) is 62.2 Å². The van der Waals surface area contributed by atoms with Crippen molar-refractivity contribution in [2.45, 2.75) is 6.32 Å². The van der Waals surface area contributed by atoms with Crippen molar-refractivity contribution in [1.29, 1.82) is 0 Å². The summed E-state index contributed by atoms with van der Waals surface area (Å²) < 4.78 is 54.2. The van der Waals surface area contributed by atoms with Gasteiger partial charge in [0.1, 0.15) is 11.6 Å². The predicted octanol–water partition coefficient (Wildman–Crippen LogP) is 0.421. The molecular formula is C8H7BClF4KO. The van der Waals surface area contributed by atoms with Gasteiger partial charge in [0.15, 0.2) is 0 Å². The Morgan fingerprint density at radius 2 is 1.88 bits per heavy atom. The first-order chi connectivity index (χ1) is 6.85. The van der Waals surface area contributed by atoms with Gasteiger partial charge in [-0.3, -0.25) is 0 Å². The summed E-state index contributed by atoms with van der Waals surface area (Å²) in [6.45, 7) is -5.12. The smallest absolute Gasteiger partial charge is 0.495 e. The van der Waals surface area contributed by atoms with Gasteiger partial charge >= 0.3 is 58.4 Å². The Balaban J connectivity index is 0.00000225. The van der Waals surface area contributed by atoms with Crippen molar-refractivity contribution in [3.05, 3.63) is 28.5 Å². The fourth-order valence-electron chi connectivity index (χ4n) is 1.15. The molecule has 0 spiro atoms. The molecule has 84 valence electrons. The topological polar surface area (TPSA) is 9.23 Å². The molecule has 0 amide bonds. The number of hydrogen-bond acceptors (Lipinski definition) is 1. The number of rotatable bonds is 3. The molecule has 0 aromatic heterocycles. The summed E-state index contributed by atoms with van der Waals surface area (Å²) in [5, 5.41) is -0.322. The Kier molecular flexibility index (Phi) is 6.91. The number of halogens is 5. The van der Waals surface area contributed by atoms with Crippen molar-refractivity contribution >= 4 is 18.6 Å². The van der Waals surface area contributed by atoms with Crippen LogP contribution in [-0.2, 0) is 6.32 Å². The fraction of sp³-hybridized carbons (Fsp3) is 0.250. The molecule has 0 saturated heterocycles. The summed E-state index contributed by atoms with van der Waals surface area (Å²) in [6.07, 6.45) is -1.35. The molecule has 0 atom stereocenters. The van der Waals surface area contributed by atoms with E-state index in [9.17, 15) is 17.3 Å². The molecule has 1 rings (SSSR count). The monoisotopic (exact) mass is 280 g/mol. The van der Waals surface area contributed by atoms with Gasteiger partial charge in [-0.05, 0) is 17.7 Å². The molecule has 16 heavy (non-hydrogen) atoms. The van der Waals surface area contributed by atoms with Crippen LogP contribution in [0.3, 0.4) is 0 Å². The van der Waals surface area contributed by atoms with Gasteiger partial charge in [0, 0.05) is 0 Å². The zero-order valence-electron chi connectivity index (χ0n) is 8.74. The quantitative estimate of drug-likeness (QED) is 0.576. The van der Waals surface area contributed by atoms with E-state index in [1.54, 1.807) is 0 Å². The molecule has 0 saturated carbocycles. The SMILES string of the molecule is COc1ccc(F)c(C[B-](F)(F)F)c1Cl.[K+]. The summed E-state index contributed by atoms with van der Waals surface area (Å²) in [4.78, 5) is 0. The number of hydrogen-bond donors (Lipinski definition) is 0. The maximum absolute atomic E-state index is 13.1. The van der Waals surface area contributed by atoms with Gasteiger partial charge < -0.3 is 17.7 Å². The molecule has 0 heterocycles. The van der Waals surface area contributed by atoms with E-state index < -0.39 is 24.7 Å². The van der Waals surface area contributed by atoms with Gasteiger partial charge in [-0.15, -0.1) is 0 Å². The number of benzene rings is 1. The van der Waals surface area contributed by atoms with Crippen molar-refractivity contribution < 1.29 is 73.5 Å². The second kappa shape index (κ2) is 6.61. The summed E-state index contributed by atoms with van der Waals surface area (Å²) in [7, 11) is 1.25. The molecule has 8 heteroatoms. The van der Waals surface area contributed by atoms with E-state index in [1.807, 2.05) is 0 Å². The molecule has 0 aliphatic rings. The molecule has 1 nitrogen and oxygen atoms in total. The molecule has 0 N–H and O–H groups in total. The summed E-state index contributed by atoms with van der Waals surface area (Å²) in [5.41, 5.74) is -0.566. The minimum atomic E-state index is -5.12. The second-order valence-electron chi connectivity index (χ2n) is 2.96. The summed E-state index contributed by atoms with van der Waals surface area (Å²) in [6, 6.07) is 2.09. The maximum Gasteiger partial charge on any atom is 1.00 e. The van der Waals surface area contributed by atoms with Crippen LogP contribution in [0.15, 0.2) is 12.1 Å². The van der Waals surface area contributed by atoms with E-state index in [0.717, 1.165) is 6.07 Å². The Hall–Kier alpha value is 0.731. The van der Waals surface area contributed by atoms with Gasteiger partial charge in [-0.1, -0.05) is 17.9 Å². The predicted molar refractivity (Wildman–Crippen MR) is 50.7 cm³/mol. The van der Waals surface area contributed by atoms with Crippen molar-refractivity contribution in [1.82, 2.24) is 0 Å². The zero-order chi connectivity index (χ0) is 11.6. The number of ether oxygens (including phenoxy) is 1. The molecule has 0 aliphatic heterocycles. The standard InChI is InChI=1S/C8H7BClF4O.K/c1-15-7-3-2-6(11)5(8(7)10)4-9(12,13)14;/h2-3H,4H2,1H3;/q-1;+1. The normalized spacial score (nSPS) is 10.9. The molecule has 1 aromatic carbocycles. The van der Waals surface area contributed by atoms with Crippen molar-refractivity contribution in [3.63, 3.8) is 0 Å². The zero-order valence-corrected chi connectivity index (χ0v) is 12.6. The van der Waals surface area contributed by atoms with Crippen LogP contribution >= 0.6 is 11.6 Å². The first kappa shape index (κ1) is 16.7. The Morgan fingerprint density at radius 1 is 1.31 bits per heavy atom. The van der Waals surface area contributed by atoms with Crippen molar-refractivity contribution in [2.24, 2.45) is 0 Å². The van der Waals surface area contributed by atoms with Gasteiger partial charge in [-0.25, -0.2) is 4.39 Å². The molecular weight excluding hydrogens is 273 g/mol. The van der Waals surface area contributed by atoms with Gasteiger partial charge in [0.2, 0.25) is 0 Å². The van der Waals surface area contributed by atoms with Crippen molar-refractivity contribution in [3.8, 4) is 5.75 Å². The van der Waals surface area contributed by atoms with E-state index in [0.29, 0.717) is 0 Å². The van der Waals surface area contributed by atoms with E-state index >= 15 is 0 Å². The number of methoxy groups -OCH3 is 1.